The van der Waals surface area contributed by atoms with Crippen molar-refractivity contribution >= 4 is 45.3 Å². The number of pyridine rings is 1. The van der Waals surface area contributed by atoms with Gasteiger partial charge in [0.1, 0.15) is 17.7 Å². The van der Waals surface area contributed by atoms with Crippen molar-refractivity contribution in [3.63, 3.8) is 0 Å². The lowest BCUT2D eigenvalue weighted by Crippen LogP contribution is -2.41. The number of nitrogens with zero attached hydrogens (tertiary/aromatic N) is 3. The van der Waals surface area contributed by atoms with Gasteiger partial charge in [0.05, 0.1) is 23.3 Å². The van der Waals surface area contributed by atoms with Gasteiger partial charge >= 0.3 is 6.18 Å². The number of carbonyl (C=O) groups excluding carboxylic acids is 2. The first-order valence-corrected chi connectivity index (χ1v) is 8.50. The number of anilines is 3. The van der Waals surface area contributed by atoms with Crippen molar-refractivity contribution in [1.29, 1.82) is 0 Å². The van der Waals surface area contributed by atoms with Gasteiger partial charge in [-0.15, -0.1) is 0 Å². The van der Waals surface area contributed by atoms with E-state index in [1.54, 1.807) is 59.9 Å². The lowest BCUT2D eigenvalue weighted by Gasteiger charge is -2.26. The standard InChI is InChI=1S/C17H16BrF3N4O2/c1-24(12-6-7-15(18)22-8-12)13-4-2-3-5-14(13)25(11-26)9-16(27)23-10-17(19,20)21/h2-8,11H,9-10H2,1H3,(H,23,27). The van der Waals surface area contributed by atoms with E-state index in [4.69, 9.17) is 0 Å². The molecule has 0 radical (unpaired) electrons. The second-order valence-corrected chi connectivity index (χ2v) is 6.32. The summed E-state index contributed by atoms with van der Waals surface area (Å²) in [5, 5.41) is 1.75. The third-order valence-electron chi connectivity index (χ3n) is 3.58. The molecule has 1 N–H and O–H groups in total. The molecule has 0 atom stereocenters. The van der Waals surface area contributed by atoms with Crippen LogP contribution in [0.15, 0.2) is 47.2 Å². The van der Waals surface area contributed by atoms with Crippen LogP contribution in [0.4, 0.5) is 30.2 Å². The van der Waals surface area contributed by atoms with Gasteiger partial charge in [0.2, 0.25) is 12.3 Å². The Bertz CT molecular complexity index is 800. The van der Waals surface area contributed by atoms with Gasteiger partial charge in [0.15, 0.2) is 0 Å². The summed E-state index contributed by atoms with van der Waals surface area (Å²) in [7, 11) is 1.75. The van der Waals surface area contributed by atoms with Gasteiger partial charge in [-0.05, 0) is 40.2 Å². The third kappa shape index (κ3) is 5.95. The maximum Gasteiger partial charge on any atom is 0.405 e. The molecule has 0 unspecified atom stereocenters. The van der Waals surface area contributed by atoms with E-state index in [0.717, 1.165) is 10.6 Å². The van der Waals surface area contributed by atoms with Crippen LogP contribution in [0.1, 0.15) is 0 Å². The van der Waals surface area contributed by atoms with Gasteiger partial charge < -0.3 is 15.1 Å². The van der Waals surface area contributed by atoms with E-state index in [-0.39, 0.29) is 0 Å². The predicted octanol–water partition coefficient (Wildman–Crippen LogP) is 3.25. The first kappa shape index (κ1) is 20.7. The number of rotatable bonds is 7. The molecule has 1 aromatic heterocycles. The van der Waals surface area contributed by atoms with Crippen molar-refractivity contribution in [1.82, 2.24) is 10.3 Å². The monoisotopic (exact) mass is 444 g/mol. The Balaban J connectivity index is 2.22. The van der Waals surface area contributed by atoms with Crippen molar-refractivity contribution in [3.8, 4) is 0 Å². The second kappa shape index (κ2) is 8.85. The Hall–Kier alpha value is -2.62. The van der Waals surface area contributed by atoms with Crippen molar-refractivity contribution in [3.05, 3.63) is 47.2 Å². The molecule has 2 rings (SSSR count). The molecular weight excluding hydrogens is 429 g/mol. The summed E-state index contributed by atoms with van der Waals surface area (Å²) in [5.74, 6) is -0.915. The molecule has 0 saturated heterocycles. The van der Waals surface area contributed by atoms with Crippen molar-refractivity contribution in [2.24, 2.45) is 0 Å². The fourth-order valence-corrected chi connectivity index (χ4v) is 2.52. The van der Waals surface area contributed by atoms with Gasteiger partial charge in [0.25, 0.3) is 0 Å². The van der Waals surface area contributed by atoms with Crippen LogP contribution in [-0.2, 0) is 9.59 Å². The van der Waals surface area contributed by atoms with Crippen LogP contribution in [0.5, 0.6) is 0 Å². The van der Waals surface area contributed by atoms with Crippen LogP contribution in [0, 0.1) is 0 Å². The van der Waals surface area contributed by atoms with E-state index in [1.807, 2.05) is 0 Å². The molecule has 0 fully saturated rings. The average Bonchev–Trinajstić information content (AvgIpc) is 2.64. The van der Waals surface area contributed by atoms with E-state index in [1.165, 1.54) is 0 Å². The largest absolute Gasteiger partial charge is 0.405 e. The summed E-state index contributed by atoms with van der Waals surface area (Å²) in [5.41, 5.74) is 1.68. The Morgan fingerprint density at radius 2 is 1.89 bits per heavy atom. The molecule has 0 saturated carbocycles. The molecule has 2 amide bonds. The Kier molecular flexibility index (Phi) is 6.78. The fourth-order valence-electron chi connectivity index (χ4n) is 2.28. The molecule has 6 nitrogen and oxygen atoms in total. The van der Waals surface area contributed by atoms with Crippen LogP contribution in [-0.4, -0.2) is 43.6 Å². The maximum atomic E-state index is 12.2. The maximum absolute atomic E-state index is 12.2. The first-order chi connectivity index (χ1) is 12.7. The van der Waals surface area contributed by atoms with Crippen LogP contribution < -0.4 is 15.1 Å². The molecule has 27 heavy (non-hydrogen) atoms. The number of nitrogens with one attached hydrogen (secondary N) is 1. The molecule has 0 bridgehead atoms. The van der Waals surface area contributed by atoms with Crippen LogP contribution >= 0.6 is 15.9 Å². The van der Waals surface area contributed by atoms with E-state index in [9.17, 15) is 22.8 Å². The summed E-state index contributed by atoms with van der Waals surface area (Å²) >= 11 is 3.25. The molecule has 0 aliphatic heterocycles. The lowest BCUT2D eigenvalue weighted by atomic mass is 10.2. The molecule has 0 aliphatic rings. The zero-order valence-electron chi connectivity index (χ0n) is 14.2. The first-order valence-electron chi connectivity index (χ1n) is 7.71. The topological polar surface area (TPSA) is 65.5 Å². The van der Waals surface area contributed by atoms with Crippen LogP contribution in [0.25, 0.3) is 0 Å². The molecule has 10 heteroatoms. The SMILES string of the molecule is CN(c1ccc(Br)nc1)c1ccccc1N(C=O)CC(=O)NCC(F)(F)F. The third-order valence-corrected chi connectivity index (χ3v) is 4.05. The van der Waals surface area contributed by atoms with E-state index in [0.29, 0.717) is 22.4 Å². The zero-order valence-corrected chi connectivity index (χ0v) is 15.8. The van der Waals surface area contributed by atoms with Crippen LogP contribution in [0.2, 0.25) is 0 Å². The number of hydrogen-bond acceptors (Lipinski definition) is 4. The minimum absolute atomic E-state index is 0.375. The highest BCUT2D eigenvalue weighted by atomic mass is 79.9. The minimum atomic E-state index is -4.52. The van der Waals surface area contributed by atoms with Gasteiger partial charge in [0, 0.05) is 7.05 Å². The Morgan fingerprint density at radius 3 is 2.44 bits per heavy atom. The summed E-state index contributed by atoms with van der Waals surface area (Å²) in [6.45, 7) is -1.99. The average molecular weight is 445 g/mol. The van der Waals surface area contributed by atoms with Crippen molar-refractivity contribution < 1.29 is 22.8 Å². The second-order valence-electron chi connectivity index (χ2n) is 5.51. The minimum Gasteiger partial charge on any atom is -0.345 e. The Morgan fingerprint density at radius 1 is 1.22 bits per heavy atom. The predicted molar refractivity (Wildman–Crippen MR) is 98.9 cm³/mol. The highest BCUT2D eigenvalue weighted by Gasteiger charge is 2.28. The molecule has 1 heterocycles. The number of amides is 2. The van der Waals surface area contributed by atoms with Crippen molar-refractivity contribution in [2.75, 3.05) is 29.9 Å². The summed E-state index contributed by atoms with van der Waals surface area (Å²) in [4.78, 5) is 30.2. The van der Waals surface area contributed by atoms with E-state index < -0.39 is 25.2 Å². The molecule has 0 aliphatic carbocycles. The molecule has 144 valence electrons. The zero-order chi connectivity index (χ0) is 20.0. The lowest BCUT2D eigenvalue weighted by molar-refractivity contribution is -0.137. The Labute approximate surface area is 162 Å². The molecule has 1 aromatic carbocycles. The van der Waals surface area contributed by atoms with Gasteiger partial charge in [-0.3, -0.25) is 9.59 Å². The number of hydrogen-bond donors (Lipinski definition) is 1. The smallest absolute Gasteiger partial charge is 0.345 e. The summed E-state index contributed by atoms with van der Waals surface area (Å²) < 4.78 is 37.3. The van der Waals surface area contributed by atoms with Gasteiger partial charge in [-0.1, -0.05) is 12.1 Å². The highest BCUT2D eigenvalue weighted by molar-refractivity contribution is 9.10. The number of benzene rings is 1. The van der Waals surface area contributed by atoms with E-state index in [2.05, 4.69) is 20.9 Å². The number of para-hydroxylation sites is 2. The number of alkyl halides is 3. The van der Waals surface area contributed by atoms with E-state index >= 15 is 0 Å². The number of halogens is 4. The highest BCUT2D eigenvalue weighted by Crippen LogP contribution is 2.32. The normalized spacial score (nSPS) is 11.0. The van der Waals surface area contributed by atoms with Gasteiger partial charge in [-0.2, -0.15) is 13.2 Å². The quantitative estimate of drug-likeness (QED) is 0.525. The number of carbonyl (C=O) groups is 2. The molecule has 0 spiro atoms. The fraction of sp³-hybridized carbons (Fsp3) is 0.235. The van der Waals surface area contributed by atoms with Crippen molar-refractivity contribution in [2.45, 2.75) is 6.18 Å². The molecular formula is C17H16BrF3N4O2. The summed E-state index contributed by atoms with van der Waals surface area (Å²) in [6.07, 6.45) is -2.50. The number of aromatic nitrogens is 1. The van der Waals surface area contributed by atoms with Gasteiger partial charge in [-0.25, -0.2) is 4.98 Å². The summed E-state index contributed by atoms with van der Waals surface area (Å²) in [6, 6.07) is 10.3. The van der Waals surface area contributed by atoms with Crippen LogP contribution in [0.3, 0.4) is 0 Å². The molecule has 2 aromatic rings.